The minimum Gasteiger partial charge on any atom is -0.504 e. The lowest BCUT2D eigenvalue weighted by Gasteiger charge is -2.32. The van der Waals surface area contributed by atoms with Crippen LogP contribution in [-0.2, 0) is 30.2 Å². The summed E-state index contributed by atoms with van der Waals surface area (Å²) in [4.78, 5) is 26.6. The molecule has 0 spiro atoms. The maximum atomic E-state index is 13.4. The van der Waals surface area contributed by atoms with Crippen molar-refractivity contribution in [2.24, 2.45) is 11.8 Å². The number of hydrogen-bond donors (Lipinski definition) is 1. The van der Waals surface area contributed by atoms with E-state index in [9.17, 15) is 14.7 Å². The highest BCUT2D eigenvalue weighted by Gasteiger charge is 2.47. The van der Waals surface area contributed by atoms with Crippen LogP contribution >= 0.6 is 0 Å². The van der Waals surface area contributed by atoms with Gasteiger partial charge in [0.15, 0.2) is 11.9 Å². The smallest absolute Gasteiger partial charge is 0.339 e. The molecule has 2 aromatic carbocycles. The molecular formula is C28H32O6. The van der Waals surface area contributed by atoms with Crippen LogP contribution < -0.4 is 0 Å². The van der Waals surface area contributed by atoms with Gasteiger partial charge < -0.3 is 19.3 Å². The average molecular weight is 465 g/mol. The maximum Gasteiger partial charge on any atom is 0.339 e. The summed E-state index contributed by atoms with van der Waals surface area (Å²) in [5.74, 6) is -1.98. The zero-order valence-electron chi connectivity index (χ0n) is 19.5. The van der Waals surface area contributed by atoms with Gasteiger partial charge in [-0.2, -0.15) is 0 Å². The molecule has 0 amide bonds. The summed E-state index contributed by atoms with van der Waals surface area (Å²) in [5.41, 5.74) is 2.05. The molecule has 6 nitrogen and oxygen atoms in total. The molecule has 0 bridgehead atoms. The van der Waals surface area contributed by atoms with Gasteiger partial charge in [-0.3, -0.25) is 4.79 Å². The molecule has 1 aliphatic carbocycles. The van der Waals surface area contributed by atoms with Gasteiger partial charge >= 0.3 is 5.97 Å². The first kappa shape index (κ1) is 24.2. The molecule has 0 saturated heterocycles. The molecule has 3 atom stereocenters. The van der Waals surface area contributed by atoms with Crippen molar-refractivity contribution in [1.29, 1.82) is 0 Å². The van der Waals surface area contributed by atoms with Gasteiger partial charge in [-0.1, -0.05) is 60.7 Å². The van der Waals surface area contributed by atoms with Crippen LogP contribution in [0.15, 0.2) is 72.0 Å². The van der Waals surface area contributed by atoms with Crippen molar-refractivity contribution in [2.75, 3.05) is 26.9 Å². The van der Waals surface area contributed by atoms with Gasteiger partial charge in [0.05, 0.1) is 18.8 Å². The van der Waals surface area contributed by atoms with Gasteiger partial charge in [0.1, 0.15) is 0 Å². The summed E-state index contributed by atoms with van der Waals surface area (Å²) in [7, 11) is 1.61. The Balaban J connectivity index is 1.57. The van der Waals surface area contributed by atoms with Gasteiger partial charge in [-0.25, -0.2) is 4.79 Å². The highest BCUT2D eigenvalue weighted by Crippen LogP contribution is 2.48. The Bertz CT molecular complexity index is 996. The minimum atomic E-state index is -1.04. The van der Waals surface area contributed by atoms with Crippen molar-refractivity contribution < 1.29 is 28.9 Å². The van der Waals surface area contributed by atoms with E-state index >= 15 is 0 Å². The molecular weight excluding hydrogens is 432 g/mol. The Morgan fingerprint density at radius 1 is 0.971 bits per heavy atom. The molecule has 1 fully saturated rings. The summed E-state index contributed by atoms with van der Waals surface area (Å²) in [5, 5.41) is 11.0. The van der Waals surface area contributed by atoms with Crippen LogP contribution in [0.5, 0.6) is 0 Å². The fourth-order valence-electron chi connectivity index (χ4n) is 4.70. The predicted molar refractivity (Wildman–Crippen MR) is 127 cm³/mol. The number of benzene rings is 2. The molecule has 3 unspecified atom stereocenters. The number of ether oxygens (including phenoxy) is 3. The second kappa shape index (κ2) is 11.4. The Morgan fingerprint density at radius 2 is 1.65 bits per heavy atom. The first-order valence-corrected chi connectivity index (χ1v) is 11.9. The highest BCUT2D eigenvalue weighted by atomic mass is 16.6. The van der Waals surface area contributed by atoms with E-state index in [1.807, 2.05) is 60.7 Å². The third-order valence-corrected chi connectivity index (χ3v) is 6.60. The van der Waals surface area contributed by atoms with Crippen LogP contribution in [-0.4, -0.2) is 49.9 Å². The second-order valence-corrected chi connectivity index (χ2v) is 9.02. The Morgan fingerprint density at radius 3 is 2.29 bits per heavy atom. The van der Waals surface area contributed by atoms with Crippen molar-refractivity contribution in [1.82, 2.24) is 0 Å². The number of carbonyl (C=O) groups is 2. The Hall–Kier alpha value is -2.96. The molecule has 1 saturated carbocycles. The van der Waals surface area contributed by atoms with Crippen LogP contribution in [0.4, 0.5) is 0 Å². The number of hydrogen-bond acceptors (Lipinski definition) is 6. The molecule has 2 aliphatic rings. The lowest BCUT2D eigenvalue weighted by Crippen LogP contribution is -2.43. The molecule has 1 N–H and O–H groups in total. The second-order valence-electron chi connectivity index (χ2n) is 9.02. The molecule has 180 valence electrons. The number of aliphatic hydroxyl groups is 1. The van der Waals surface area contributed by atoms with Crippen LogP contribution in [0.25, 0.3) is 0 Å². The molecule has 4 rings (SSSR count). The standard InChI is InChI=1S/C28H32O6/c1-32-16-17-33-15-14-22(18-19-8-4-2-5-9-19)27-26(30)25(29)24(28(31)34-27)23(21-12-13-21)20-10-6-3-7-11-20/h2-11,21-23,27,29H,12-18H2,1H3. The normalized spacial score (nSPS) is 20.2. The minimum absolute atomic E-state index is 0.102. The lowest BCUT2D eigenvalue weighted by molar-refractivity contribution is -0.158. The Labute approximate surface area is 200 Å². The van der Waals surface area contributed by atoms with Gasteiger partial charge in [0.2, 0.25) is 5.78 Å². The molecule has 0 aromatic heterocycles. The van der Waals surface area contributed by atoms with Crippen molar-refractivity contribution in [3.63, 3.8) is 0 Å². The number of Topliss-reactive ketones (excluding diaryl/α,β-unsaturated/α-hetero) is 1. The van der Waals surface area contributed by atoms with Crippen molar-refractivity contribution in [3.8, 4) is 0 Å². The molecule has 2 aromatic rings. The largest absolute Gasteiger partial charge is 0.504 e. The molecule has 34 heavy (non-hydrogen) atoms. The summed E-state index contributed by atoms with van der Waals surface area (Å²) >= 11 is 0. The Kier molecular flexibility index (Phi) is 8.14. The van der Waals surface area contributed by atoms with E-state index in [1.165, 1.54) is 0 Å². The monoisotopic (exact) mass is 464 g/mol. The highest BCUT2D eigenvalue weighted by molar-refractivity contribution is 6.09. The molecule has 0 radical (unpaired) electrons. The van der Waals surface area contributed by atoms with Gasteiger partial charge in [-0.05, 0) is 42.7 Å². The zero-order valence-corrected chi connectivity index (χ0v) is 19.5. The number of rotatable bonds is 12. The van der Waals surface area contributed by atoms with E-state index in [-0.39, 0.29) is 23.3 Å². The van der Waals surface area contributed by atoms with E-state index in [2.05, 4.69) is 0 Å². The fraction of sp³-hybridized carbons (Fsp3) is 0.429. The topological polar surface area (TPSA) is 82.1 Å². The number of ketones is 1. The number of cyclic esters (lactones) is 1. The number of carbonyl (C=O) groups excluding carboxylic acids is 2. The van der Waals surface area contributed by atoms with Crippen LogP contribution in [0.1, 0.15) is 36.3 Å². The summed E-state index contributed by atoms with van der Waals surface area (Å²) in [6.07, 6.45) is 1.91. The van der Waals surface area contributed by atoms with Gasteiger partial charge in [-0.15, -0.1) is 0 Å². The van der Waals surface area contributed by atoms with E-state index in [4.69, 9.17) is 14.2 Å². The van der Waals surface area contributed by atoms with Crippen LogP contribution in [0.3, 0.4) is 0 Å². The van der Waals surface area contributed by atoms with Crippen LogP contribution in [0, 0.1) is 11.8 Å². The lowest BCUT2D eigenvalue weighted by atomic mass is 9.81. The number of methoxy groups -OCH3 is 1. The molecule has 6 heteroatoms. The number of aliphatic hydroxyl groups excluding tert-OH is 1. The average Bonchev–Trinajstić information content (AvgIpc) is 3.69. The maximum absolute atomic E-state index is 13.4. The van der Waals surface area contributed by atoms with E-state index in [1.54, 1.807) is 7.11 Å². The summed E-state index contributed by atoms with van der Waals surface area (Å²) in [6, 6.07) is 19.3. The predicted octanol–water partition coefficient (Wildman–Crippen LogP) is 4.40. The first-order chi connectivity index (χ1) is 16.6. The third kappa shape index (κ3) is 5.75. The van der Waals surface area contributed by atoms with Gasteiger partial charge in [0, 0.05) is 25.6 Å². The van der Waals surface area contributed by atoms with Crippen molar-refractivity contribution >= 4 is 11.8 Å². The van der Waals surface area contributed by atoms with Crippen LogP contribution in [0.2, 0.25) is 0 Å². The molecule has 1 heterocycles. The quantitative estimate of drug-likeness (QED) is 0.370. The van der Waals surface area contributed by atoms with Crippen molar-refractivity contribution in [2.45, 2.75) is 37.7 Å². The van der Waals surface area contributed by atoms with Crippen molar-refractivity contribution in [3.05, 3.63) is 83.1 Å². The van der Waals surface area contributed by atoms with Gasteiger partial charge in [0.25, 0.3) is 0 Å². The summed E-state index contributed by atoms with van der Waals surface area (Å²) in [6.45, 7) is 1.33. The number of esters is 1. The summed E-state index contributed by atoms with van der Waals surface area (Å²) < 4.78 is 16.4. The zero-order chi connectivity index (χ0) is 23.9. The first-order valence-electron chi connectivity index (χ1n) is 11.9. The fourth-order valence-corrected chi connectivity index (χ4v) is 4.70. The van der Waals surface area contributed by atoms with E-state index in [0.717, 1.165) is 24.0 Å². The molecule has 1 aliphatic heterocycles. The van der Waals surface area contributed by atoms with E-state index in [0.29, 0.717) is 32.7 Å². The third-order valence-electron chi connectivity index (χ3n) is 6.60. The SMILES string of the molecule is COCCOCCC(Cc1ccccc1)C1OC(=O)C(C(c2ccccc2)C2CC2)=C(O)C1=O. The van der Waals surface area contributed by atoms with E-state index < -0.39 is 23.6 Å².